The molecule has 0 saturated carbocycles. The highest BCUT2D eigenvalue weighted by molar-refractivity contribution is 6.31. The SMILES string of the molecule is CCOC(=O)c1ccc(-c2cnc(Nc3ccc(F)c(Cl)c3)nc2NCCCN(C)C)cc1. The molecule has 174 valence electrons. The minimum absolute atomic E-state index is 0.0142. The van der Waals surface area contributed by atoms with Crippen molar-refractivity contribution < 1.29 is 13.9 Å². The Balaban J connectivity index is 1.86. The second-order valence-electron chi connectivity index (χ2n) is 7.59. The summed E-state index contributed by atoms with van der Waals surface area (Å²) in [5.74, 6) is 0.135. The molecule has 7 nitrogen and oxygen atoms in total. The normalized spacial score (nSPS) is 10.8. The highest BCUT2D eigenvalue weighted by atomic mass is 35.5. The first-order valence-electron chi connectivity index (χ1n) is 10.6. The Morgan fingerprint density at radius 1 is 1.18 bits per heavy atom. The van der Waals surface area contributed by atoms with E-state index in [4.69, 9.17) is 16.3 Å². The third-order valence-electron chi connectivity index (χ3n) is 4.75. The van der Waals surface area contributed by atoms with E-state index in [1.54, 1.807) is 31.3 Å². The van der Waals surface area contributed by atoms with Crippen LogP contribution in [-0.2, 0) is 4.74 Å². The van der Waals surface area contributed by atoms with E-state index in [9.17, 15) is 9.18 Å². The molecule has 0 radical (unpaired) electrons. The number of carbonyl (C=O) groups is 1. The summed E-state index contributed by atoms with van der Waals surface area (Å²) in [5, 5.41) is 6.45. The maximum Gasteiger partial charge on any atom is 0.338 e. The molecule has 0 unspecified atom stereocenters. The minimum atomic E-state index is -0.493. The van der Waals surface area contributed by atoms with E-state index in [-0.39, 0.29) is 11.0 Å². The highest BCUT2D eigenvalue weighted by Gasteiger charge is 2.12. The number of aromatic nitrogens is 2. The summed E-state index contributed by atoms with van der Waals surface area (Å²) in [6, 6.07) is 11.4. The van der Waals surface area contributed by atoms with Gasteiger partial charge in [-0.2, -0.15) is 4.98 Å². The zero-order valence-corrected chi connectivity index (χ0v) is 19.6. The van der Waals surface area contributed by atoms with Crippen LogP contribution in [0.5, 0.6) is 0 Å². The van der Waals surface area contributed by atoms with Gasteiger partial charge in [0.1, 0.15) is 11.6 Å². The monoisotopic (exact) mass is 471 g/mol. The lowest BCUT2D eigenvalue weighted by atomic mass is 10.1. The van der Waals surface area contributed by atoms with Crippen LogP contribution in [0.3, 0.4) is 0 Å². The molecule has 3 rings (SSSR count). The molecule has 2 aromatic carbocycles. The topological polar surface area (TPSA) is 79.4 Å². The Morgan fingerprint density at radius 2 is 1.94 bits per heavy atom. The first-order valence-corrected chi connectivity index (χ1v) is 11.0. The summed E-state index contributed by atoms with van der Waals surface area (Å²) in [5.41, 5.74) is 2.70. The maximum atomic E-state index is 13.5. The van der Waals surface area contributed by atoms with Crippen LogP contribution in [0.25, 0.3) is 11.1 Å². The standard InChI is InChI=1S/C24H27ClFN5O2/c1-4-33-23(32)17-8-6-16(7-9-17)19-15-28-24(29-18-10-11-21(26)20(25)14-18)30-22(19)27-12-5-13-31(2)3/h6-11,14-15H,4-5,12-13H2,1-3H3,(H2,27,28,29,30). The van der Waals surface area contributed by atoms with E-state index in [2.05, 4.69) is 25.5 Å². The second kappa shape index (κ2) is 11.6. The van der Waals surface area contributed by atoms with E-state index in [0.717, 1.165) is 24.1 Å². The van der Waals surface area contributed by atoms with Crippen molar-refractivity contribution in [3.63, 3.8) is 0 Å². The van der Waals surface area contributed by atoms with Gasteiger partial charge in [-0.15, -0.1) is 0 Å². The van der Waals surface area contributed by atoms with Crippen LogP contribution < -0.4 is 10.6 Å². The number of esters is 1. The number of nitrogens with one attached hydrogen (secondary N) is 2. The number of carbonyl (C=O) groups excluding carboxylic acids is 1. The Hall–Kier alpha value is -3.23. The maximum absolute atomic E-state index is 13.5. The lowest BCUT2D eigenvalue weighted by Crippen LogP contribution is -2.17. The van der Waals surface area contributed by atoms with E-state index in [0.29, 0.717) is 36.2 Å². The van der Waals surface area contributed by atoms with Crippen molar-refractivity contribution in [1.82, 2.24) is 14.9 Å². The molecule has 0 spiro atoms. The summed E-state index contributed by atoms with van der Waals surface area (Å²) in [4.78, 5) is 23.1. The van der Waals surface area contributed by atoms with Crippen LogP contribution >= 0.6 is 11.6 Å². The number of ether oxygens (including phenoxy) is 1. The van der Waals surface area contributed by atoms with Crippen molar-refractivity contribution in [3.8, 4) is 11.1 Å². The highest BCUT2D eigenvalue weighted by Crippen LogP contribution is 2.28. The van der Waals surface area contributed by atoms with Crippen LogP contribution in [0.15, 0.2) is 48.7 Å². The fourth-order valence-corrected chi connectivity index (χ4v) is 3.27. The van der Waals surface area contributed by atoms with Crippen LogP contribution in [-0.4, -0.2) is 54.6 Å². The van der Waals surface area contributed by atoms with Crippen LogP contribution in [0.2, 0.25) is 5.02 Å². The molecular formula is C24H27ClFN5O2. The molecular weight excluding hydrogens is 445 g/mol. The molecule has 9 heteroatoms. The van der Waals surface area contributed by atoms with Gasteiger partial charge in [0.05, 0.1) is 17.2 Å². The van der Waals surface area contributed by atoms with Gasteiger partial charge in [-0.05, 0) is 69.9 Å². The molecule has 2 N–H and O–H groups in total. The molecule has 3 aromatic rings. The average molecular weight is 472 g/mol. The lowest BCUT2D eigenvalue weighted by Gasteiger charge is -2.15. The smallest absolute Gasteiger partial charge is 0.338 e. The van der Waals surface area contributed by atoms with Crippen LogP contribution in [0, 0.1) is 5.82 Å². The summed E-state index contributed by atoms with van der Waals surface area (Å²) in [6.45, 7) is 3.74. The van der Waals surface area contributed by atoms with Gasteiger partial charge in [-0.25, -0.2) is 14.2 Å². The summed E-state index contributed by atoms with van der Waals surface area (Å²) < 4.78 is 18.5. The number of hydrogen-bond donors (Lipinski definition) is 2. The molecule has 0 aliphatic carbocycles. The first kappa shape index (κ1) is 24.4. The van der Waals surface area contributed by atoms with Gasteiger partial charge in [-0.3, -0.25) is 0 Å². The Morgan fingerprint density at radius 3 is 2.61 bits per heavy atom. The lowest BCUT2D eigenvalue weighted by molar-refractivity contribution is 0.0526. The van der Waals surface area contributed by atoms with Crippen LogP contribution in [0.1, 0.15) is 23.7 Å². The summed E-state index contributed by atoms with van der Waals surface area (Å²) in [6.07, 6.45) is 2.63. The van der Waals surface area contributed by atoms with Gasteiger partial charge >= 0.3 is 5.97 Å². The fourth-order valence-electron chi connectivity index (χ4n) is 3.09. The number of hydrogen-bond acceptors (Lipinski definition) is 7. The van der Waals surface area contributed by atoms with E-state index < -0.39 is 5.82 Å². The van der Waals surface area contributed by atoms with Gasteiger partial charge in [0.15, 0.2) is 0 Å². The predicted octanol–water partition coefficient (Wildman–Crippen LogP) is 5.22. The zero-order valence-electron chi connectivity index (χ0n) is 18.9. The summed E-state index contributed by atoms with van der Waals surface area (Å²) in [7, 11) is 4.05. The molecule has 0 amide bonds. The number of rotatable bonds is 10. The molecule has 1 heterocycles. The Labute approximate surface area is 198 Å². The number of nitrogens with zero attached hydrogens (tertiary/aromatic N) is 3. The van der Waals surface area contributed by atoms with E-state index in [1.165, 1.54) is 12.1 Å². The van der Waals surface area contributed by atoms with E-state index in [1.807, 2.05) is 26.2 Å². The van der Waals surface area contributed by atoms with Crippen molar-refractivity contribution in [2.75, 3.05) is 44.4 Å². The third kappa shape index (κ3) is 6.87. The van der Waals surface area contributed by atoms with Crippen molar-refractivity contribution >= 4 is 35.0 Å². The molecule has 0 fully saturated rings. The van der Waals surface area contributed by atoms with Crippen LogP contribution in [0.4, 0.5) is 21.8 Å². The average Bonchev–Trinajstić information content (AvgIpc) is 2.79. The van der Waals surface area contributed by atoms with Crippen molar-refractivity contribution in [2.45, 2.75) is 13.3 Å². The van der Waals surface area contributed by atoms with Gasteiger partial charge < -0.3 is 20.3 Å². The number of halogens is 2. The molecule has 0 bridgehead atoms. The molecule has 0 atom stereocenters. The Kier molecular flexibility index (Phi) is 8.57. The predicted molar refractivity (Wildman–Crippen MR) is 130 cm³/mol. The first-order chi connectivity index (χ1) is 15.9. The van der Waals surface area contributed by atoms with Crippen molar-refractivity contribution in [1.29, 1.82) is 0 Å². The van der Waals surface area contributed by atoms with Crippen molar-refractivity contribution in [2.24, 2.45) is 0 Å². The van der Waals surface area contributed by atoms with Gasteiger partial charge in [0.2, 0.25) is 5.95 Å². The van der Waals surface area contributed by atoms with Gasteiger partial charge in [-0.1, -0.05) is 23.7 Å². The Bertz CT molecular complexity index is 1090. The molecule has 1 aromatic heterocycles. The zero-order chi connectivity index (χ0) is 23.8. The van der Waals surface area contributed by atoms with Gasteiger partial charge in [0.25, 0.3) is 0 Å². The number of anilines is 3. The minimum Gasteiger partial charge on any atom is -0.462 e. The fraction of sp³-hybridized carbons (Fsp3) is 0.292. The summed E-state index contributed by atoms with van der Waals surface area (Å²) >= 11 is 5.88. The van der Waals surface area contributed by atoms with E-state index >= 15 is 0 Å². The second-order valence-corrected chi connectivity index (χ2v) is 8.00. The molecule has 0 aliphatic heterocycles. The molecule has 0 saturated heterocycles. The van der Waals surface area contributed by atoms with Gasteiger partial charge in [0, 0.05) is 24.0 Å². The van der Waals surface area contributed by atoms with Crippen molar-refractivity contribution in [3.05, 3.63) is 65.1 Å². The quantitative estimate of drug-likeness (QED) is 0.310. The number of benzene rings is 2. The molecule has 0 aliphatic rings. The molecule has 33 heavy (non-hydrogen) atoms. The largest absolute Gasteiger partial charge is 0.462 e. The third-order valence-corrected chi connectivity index (χ3v) is 5.04.